The summed E-state index contributed by atoms with van der Waals surface area (Å²) in [5, 5.41) is 0. The van der Waals surface area contributed by atoms with Crippen LogP contribution in [0.1, 0.15) is 49.6 Å². The summed E-state index contributed by atoms with van der Waals surface area (Å²) in [6.45, 7) is 2.46. The number of hydrogen-bond acceptors (Lipinski definition) is 2. The highest BCUT2D eigenvalue weighted by Gasteiger charge is 2.23. The fourth-order valence-electron chi connectivity index (χ4n) is 4.38. The lowest BCUT2D eigenvalue weighted by Gasteiger charge is -2.26. The van der Waals surface area contributed by atoms with Crippen LogP contribution in [0, 0.1) is 5.92 Å². The summed E-state index contributed by atoms with van der Waals surface area (Å²) in [6.07, 6.45) is 16.0. The third-order valence-corrected chi connectivity index (χ3v) is 6.32. The molecule has 0 saturated carbocycles. The van der Waals surface area contributed by atoms with Crippen LogP contribution in [0.2, 0.25) is 0 Å². The molecule has 0 radical (unpaired) electrons. The first-order chi connectivity index (χ1) is 15.0. The second kappa shape index (κ2) is 9.46. The number of amides is 1. The zero-order valence-electron chi connectivity index (χ0n) is 18.4. The quantitative estimate of drug-likeness (QED) is 0.611. The van der Waals surface area contributed by atoms with Crippen molar-refractivity contribution in [3.63, 3.8) is 0 Å². The standard InChI is InChI=1S/C26H30FN3O/c1-19(20-8-5-9-23(27)12-10-20)16-26(31)30(18-25-28-14-15-29(25)2)24-13-11-21-6-3-4-7-22(21)17-24/h8-15,17,19H,3-7,16,18H2,1-2H3/t19-/m0/s1. The van der Waals surface area contributed by atoms with Crippen LogP contribution in [0.4, 0.5) is 10.1 Å². The highest BCUT2D eigenvalue weighted by Crippen LogP contribution is 2.29. The number of carbonyl (C=O) groups is 1. The Bertz CT molecular complexity index is 1050. The molecule has 0 bridgehead atoms. The molecule has 31 heavy (non-hydrogen) atoms. The van der Waals surface area contributed by atoms with Gasteiger partial charge in [0.1, 0.15) is 11.7 Å². The van der Waals surface area contributed by atoms with Crippen molar-refractivity contribution >= 4 is 11.6 Å². The minimum atomic E-state index is -0.227. The number of rotatable bonds is 6. The fourth-order valence-corrected chi connectivity index (χ4v) is 4.38. The van der Waals surface area contributed by atoms with Gasteiger partial charge in [0.05, 0.1) is 6.54 Å². The van der Waals surface area contributed by atoms with Crippen molar-refractivity contribution in [2.75, 3.05) is 4.90 Å². The van der Waals surface area contributed by atoms with Gasteiger partial charge in [-0.2, -0.15) is 0 Å². The van der Waals surface area contributed by atoms with E-state index >= 15 is 0 Å². The molecule has 1 amide bonds. The number of anilines is 1. The number of fused-ring (bicyclic) bond motifs is 1. The maximum Gasteiger partial charge on any atom is 0.228 e. The fraction of sp³-hybridized carbons (Fsp3) is 0.385. The Morgan fingerprint density at radius 2 is 2.00 bits per heavy atom. The van der Waals surface area contributed by atoms with Crippen molar-refractivity contribution in [2.45, 2.75) is 52.0 Å². The zero-order valence-corrected chi connectivity index (χ0v) is 18.4. The molecule has 0 N–H and O–H groups in total. The summed E-state index contributed by atoms with van der Waals surface area (Å²) in [4.78, 5) is 19.8. The van der Waals surface area contributed by atoms with Crippen LogP contribution in [0.3, 0.4) is 0 Å². The Labute approximate surface area is 183 Å². The van der Waals surface area contributed by atoms with E-state index in [1.807, 2.05) is 35.7 Å². The van der Waals surface area contributed by atoms with Crippen LogP contribution in [0.15, 0.2) is 66.3 Å². The van der Waals surface area contributed by atoms with Gasteiger partial charge in [0, 0.05) is 31.5 Å². The number of carbonyl (C=O) groups excluding carboxylic acids is 1. The van der Waals surface area contributed by atoms with Gasteiger partial charge in [0.2, 0.25) is 5.91 Å². The highest BCUT2D eigenvalue weighted by molar-refractivity contribution is 5.93. The van der Waals surface area contributed by atoms with E-state index in [0.717, 1.165) is 29.9 Å². The van der Waals surface area contributed by atoms with Gasteiger partial charge in [0.25, 0.3) is 0 Å². The van der Waals surface area contributed by atoms with E-state index in [0.29, 0.717) is 19.4 Å². The third kappa shape index (κ3) is 5.04. The Morgan fingerprint density at radius 3 is 2.77 bits per heavy atom. The topological polar surface area (TPSA) is 38.1 Å². The summed E-state index contributed by atoms with van der Waals surface area (Å²) in [5.41, 5.74) is 4.68. The van der Waals surface area contributed by atoms with Gasteiger partial charge in [-0.15, -0.1) is 0 Å². The van der Waals surface area contributed by atoms with Gasteiger partial charge >= 0.3 is 0 Å². The monoisotopic (exact) mass is 419 g/mol. The van der Waals surface area contributed by atoms with E-state index in [4.69, 9.17) is 0 Å². The Kier molecular flexibility index (Phi) is 6.50. The average molecular weight is 420 g/mol. The zero-order chi connectivity index (χ0) is 21.8. The third-order valence-electron chi connectivity index (χ3n) is 6.32. The maximum absolute atomic E-state index is 13.5. The number of benzene rings is 1. The van der Waals surface area contributed by atoms with Crippen LogP contribution in [0.25, 0.3) is 0 Å². The van der Waals surface area contributed by atoms with E-state index in [9.17, 15) is 9.18 Å². The van der Waals surface area contributed by atoms with E-state index in [-0.39, 0.29) is 17.7 Å². The molecule has 162 valence electrons. The summed E-state index contributed by atoms with van der Waals surface area (Å²) < 4.78 is 15.5. The van der Waals surface area contributed by atoms with Crippen LogP contribution < -0.4 is 4.90 Å². The van der Waals surface area contributed by atoms with Crippen molar-refractivity contribution in [3.05, 3.63) is 83.2 Å². The largest absolute Gasteiger partial charge is 0.337 e. The molecule has 1 aromatic carbocycles. The van der Waals surface area contributed by atoms with Gasteiger partial charge in [0.15, 0.2) is 0 Å². The molecule has 5 heteroatoms. The summed E-state index contributed by atoms with van der Waals surface area (Å²) in [7, 11) is 1.95. The smallest absolute Gasteiger partial charge is 0.228 e. The molecule has 4 nitrogen and oxygen atoms in total. The summed E-state index contributed by atoms with van der Waals surface area (Å²) in [5.74, 6) is 0.677. The molecule has 0 unspecified atom stereocenters. The molecular formula is C26H30FN3O. The maximum atomic E-state index is 13.5. The molecule has 1 heterocycles. The number of aryl methyl sites for hydroxylation is 3. The Hall–Kier alpha value is -2.95. The van der Waals surface area contributed by atoms with Crippen molar-refractivity contribution in [1.82, 2.24) is 9.55 Å². The molecule has 2 aromatic rings. The molecule has 0 saturated heterocycles. The van der Waals surface area contributed by atoms with Gasteiger partial charge in [-0.05, 0) is 79.0 Å². The van der Waals surface area contributed by atoms with Gasteiger partial charge < -0.3 is 9.47 Å². The number of hydrogen-bond donors (Lipinski definition) is 0. The molecule has 2 aliphatic rings. The Balaban J connectivity index is 1.58. The predicted octanol–water partition coefficient (Wildman–Crippen LogP) is 5.60. The number of imidazole rings is 1. The predicted molar refractivity (Wildman–Crippen MR) is 122 cm³/mol. The molecular weight excluding hydrogens is 389 g/mol. The van der Waals surface area contributed by atoms with Gasteiger partial charge in [-0.3, -0.25) is 4.79 Å². The minimum absolute atomic E-state index is 0.00421. The van der Waals surface area contributed by atoms with E-state index in [1.165, 1.54) is 30.0 Å². The molecule has 1 atom stereocenters. The minimum Gasteiger partial charge on any atom is -0.337 e. The molecule has 0 fully saturated rings. The normalized spacial score (nSPS) is 16.7. The van der Waals surface area contributed by atoms with E-state index < -0.39 is 0 Å². The first kappa shape index (κ1) is 21.3. The van der Waals surface area contributed by atoms with E-state index in [1.54, 1.807) is 18.3 Å². The summed E-state index contributed by atoms with van der Waals surface area (Å²) in [6, 6.07) is 6.43. The average Bonchev–Trinajstić information content (AvgIpc) is 3.04. The van der Waals surface area contributed by atoms with Gasteiger partial charge in [-0.25, -0.2) is 9.37 Å². The number of nitrogens with zero attached hydrogens (tertiary/aromatic N) is 3. The van der Waals surface area contributed by atoms with Crippen molar-refractivity contribution in [2.24, 2.45) is 13.0 Å². The number of halogens is 1. The molecule has 0 aliphatic heterocycles. The second-order valence-electron chi connectivity index (χ2n) is 8.56. The SMILES string of the molecule is C[C@@H](CC(=O)N(Cc1nccn1C)c1ccc2c(c1)CCCC2)C1=CCC=C(F)C=C1. The second-order valence-corrected chi connectivity index (χ2v) is 8.56. The van der Waals surface area contributed by atoms with Crippen LogP contribution >= 0.6 is 0 Å². The van der Waals surface area contributed by atoms with Crippen LogP contribution in [0.5, 0.6) is 0 Å². The highest BCUT2D eigenvalue weighted by atomic mass is 19.1. The first-order valence-corrected chi connectivity index (χ1v) is 11.1. The Morgan fingerprint density at radius 1 is 1.19 bits per heavy atom. The first-order valence-electron chi connectivity index (χ1n) is 11.1. The van der Waals surface area contributed by atoms with Crippen LogP contribution in [-0.4, -0.2) is 15.5 Å². The molecule has 4 rings (SSSR count). The van der Waals surface area contributed by atoms with Crippen molar-refractivity contribution < 1.29 is 9.18 Å². The van der Waals surface area contributed by atoms with Gasteiger partial charge in [-0.1, -0.05) is 25.1 Å². The molecule has 2 aliphatic carbocycles. The lowest BCUT2D eigenvalue weighted by molar-refractivity contribution is -0.119. The van der Waals surface area contributed by atoms with Crippen LogP contribution in [-0.2, 0) is 31.2 Å². The van der Waals surface area contributed by atoms with Crippen molar-refractivity contribution in [3.8, 4) is 0 Å². The van der Waals surface area contributed by atoms with Crippen molar-refractivity contribution in [1.29, 1.82) is 0 Å². The summed E-state index contributed by atoms with van der Waals surface area (Å²) >= 11 is 0. The lowest BCUT2D eigenvalue weighted by atomic mass is 9.91. The number of allylic oxidation sites excluding steroid dienone is 6. The molecule has 0 spiro atoms. The molecule has 1 aromatic heterocycles. The number of aromatic nitrogens is 2. The van der Waals surface area contributed by atoms with E-state index in [2.05, 4.69) is 23.2 Å². The lowest BCUT2D eigenvalue weighted by Crippen LogP contribution is -2.33.